The van der Waals surface area contributed by atoms with Crippen molar-refractivity contribution in [3.63, 3.8) is 0 Å². The molecule has 1 saturated carbocycles. The molecule has 0 aliphatic heterocycles. The smallest absolute Gasteiger partial charge is 0.0677 e. The Morgan fingerprint density at radius 2 is 2.05 bits per heavy atom. The van der Waals surface area contributed by atoms with Crippen LogP contribution in [0.2, 0.25) is 0 Å². The second-order valence-electron chi connectivity index (χ2n) is 5.93. The van der Waals surface area contributed by atoms with E-state index in [9.17, 15) is 0 Å². The highest BCUT2D eigenvalue weighted by atomic mass is 15.3. The lowest BCUT2D eigenvalue weighted by atomic mass is 9.83. The van der Waals surface area contributed by atoms with Gasteiger partial charge >= 0.3 is 0 Å². The molecule has 1 aliphatic rings. The maximum atomic E-state index is 4.87. The molecule has 1 aliphatic carbocycles. The third-order valence-corrected chi connectivity index (χ3v) is 4.45. The van der Waals surface area contributed by atoms with E-state index in [2.05, 4.69) is 43.8 Å². The molecule has 19 heavy (non-hydrogen) atoms. The van der Waals surface area contributed by atoms with Crippen molar-refractivity contribution in [2.75, 3.05) is 6.54 Å². The van der Waals surface area contributed by atoms with E-state index in [1.807, 2.05) is 0 Å². The predicted molar refractivity (Wildman–Crippen MR) is 80.5 cm³/mol. The summed E-state index contributed by atoms with van der Waals surface area (Å²) in [7, 11) is 0. The van der Waals surface area contributed by atoms with E-state index in [4.69, 9.17) is 5.10 Å². The number of aryl methyl sites for hydroxylation is 2. The molecule has 1 heterocycles. The molecule has 0 bridgehead atoms. The third kappa shape index (κ3) is 3.19. The number of likely N-dealkylation sites (N-methyl/N-ethyl adjacent to an activating group) is 1. The molecule has 1 aromatic heterocycles. The molecule has 3 atom stereocenters. The first-order valence-electron chi connectivity index (χ1n) is 8.00. The normalized spacial score (nSPS) is 27.7. The summed E-state index contributed by atoms with van der Waals surface area (Å²) in [6, 6.07) is 3.43. The fourth-order valence-electron chi connectivity index (χ4n) is 3.34. The molecule has 3 heteroatoms. The van der Waals surface area contributed by atoms with E-state index in [-0.39, 0.29) is 0 Å². The van der Waals surface area contributed by atoms with Crippen LogP contribution < -0.4 is 5.32 Å². The Hall–Kier alpha value is -0.830. The highest BCUT2D eigenvalue weighted by Gasteiger charge is 2.31. The summed E-state index contributed by atoms with van der Waals surface area (Å²) in [6.45, 7) is 10.1. The van der Waals surface area contributed by atoms with Crippen molar-refractivity contribution in [3.8, 4) is 0 Å². The molecule has 0 aromatic carbocycles. The molecule has 3 unspecified atom stereocenters. The highest BCUT2D eigenvalue weighted by Crippen LogP contribution is 2.33. The second-order valence-corrected chi connectivity index (χ2v) is 5.93. The maximum absolute atomic E-state index is 4.87. The predicted octanol–water partition coefficient (Wildman–Crippen LogP) is 3.35. The largest absolute Gasteiger partial charge is 0.312 e. The van der Waals surface area contributed by atoms with Gasteiger partial charge in [0.1, 0.15) is 0 Å². The van der Waals surface area contributed by atoms with Gasteiger partial charge in [0.05, 0.1) is 11.7 Å². The van der Waals surface area contributed by atoms with Gasteiger partial charge in [-0.1, -0.05) is 27.7 Å². The lowest BCUT2D eigenvalue weighted by Crippen LogP contribution is -2.42. The van der Waals surface area contributed by atoms with Gasteiger partial charge in [-0.05, 0) is 50.6 Å². The molecule has 0 spiro atoms. The minimum absolute atomic E-state index is 0.541. The number of nitrogens with zero attached hydrogens (tertiary/aromatic N) is 2. The van der Waals surface area contributed by atoms with Crippen LogP contribution in [0.25, 0.3) is 0 Å². The van der Waals surface area contributed by atoms with Crippen LogP contribution in [0.5, 0.6) is 0 Å². The zero-order valence-corrected chi connectivity index (χ0v) is 12.9. The van der Waals surface area contributed by atoms with Crippen molar-refractivity contribution in [1.29, 1.82) is 0 Å². The van der Waals surface area contributed by atoms with Crippen LogP contribution in [-0.4, -0.2) is 22.4 Å². The average molecular weight is 263 g/mol. The van der Waals surface area contributed by atoms with Gasteiger partial charge in [-0.25, -0.2) is 0 Å². The number of rotatable bonds is 5. The van der Waals surface area contributed by atoms with Crippen molar-refractivity contribution >= 4 is 0 Å². The van der Waals surface area contributed by atoms with Crippen LogP contribution >= 0.6 is 0 Å². The molecule has 2 rings (SSSR count). The molecule has 3 nitrogen and oxygen atoms in total. The molecular weight excluding hydrogens is 234 g/mol. The fraction of sp³-hybridized carbons (Fsp3) is 0.812. The summed E-state index contributed by atoms with van der Waals surface area (Å²) in [6.07, 6.45) is 6.00. The molecule has 108 valence electrons. The van der Waals surface area contributed by atoms with Gasteiger partial charge in [0.2, 0.25) is 0 Å². The van der Waals surface area contributed by atoms with E-state index in [1.54, 1.807) is 0 Å². The van der Waals surface area contributed by atoms with E-state index in [1.165, 1.54) is 30.7 Å². The summed E-state index contributed by atoms with van der Waals surface area (Å²) < 4.78 is 2.34. The summed E-state index contributed by atoms with van der Waals surface area (Å²) in [5.41, 5.74) is 2.64. The molecule has 1 aromatic rings. The van der Waals surface area contributed by atoms with E-state index in [0.717, 1.165) is 25.3 Å². The summed E-state index contributed by atoms with van der Waals surface area (Å²) in [5, 5.41) is 8.54. The first-order chi connectivity index (χ1) is 9.19. The maximum Gasteiger partial charge on any atom is 0.0677 e. The molecule has 1 fully saturated rings. The first kappa shape index (κ1) is 14.6. The zero-order chi connectivity index (χ0) is 13.8. The molecule has 1 N–H and O–H groups in total. The van der Waals surface area contributed by atoms with Crippen molar-refractivity contribution in [3.05, 3.63) is 17.5 Å². The van der Waals surface area contributed by atoms with Crippen molar-refractivity contribution in [2.45, 2.75) is 71.9 Å². The molecule has 0 radical (unpaired) electrons. The van der Waals surface area contributed by atoms with Crippen LogP contribution in [0.4, 0.5) is 0 Å². The number of aromatic nitrogens is 2. The number of hydrogen-bond acceptors (Lipinski definition) is 2. The summed E-state index contributed by atoms with van der Waals surface area (Å²) in [4.78, 5) is 0. The number of nitrogens with one attached hydrogen (secondary N) is 1. The van der Waals surface area contributed by atoms with Gasteiger partial charge in [-0.3, -0.25) is 4.68 Å². The summed E-state index contributed by atoms with van der Waals surface area (Å²) in [5.74, 6) is 0.818. The SMILES string of the molecule is CCNC1CCC(C)CC1n1nc(CC)cc1CC. The van der Waals surface area contributed by atoms with Crippen LogP contribution in [-0.2, 0) is 12.8 Å². The van der Waals surface area contributed by atoms with Crippen molar-refractivity contribution < 1.29 is 0 Å². The van der Waals surface area contributed by atoms with Gasteiger partial charge in [-0.15, -0.1) is 0 Å². The quantitative estimate of drug-likeness (QED) is 0.883. The Labute approximate surface area is 117 Å². The van der Waals surface area contributed by atoms with E-state index < -0.39 is 0 Å². The topological polar surface area (TPSA) is 29.9 Å². The van der Waals surface area contributed by atoms with Crippen molar-refractivity contribution in [1.82, 2.24) is 15.1 Å². The van der Waals surface area contributed by atoms with Crippen LogP contribution in [0.1, 0.15) is 64.4 Å². The fourth-order valence-corrected chi connectivity index (χ4v) is 3.34. The molecule has 0 amide bonds. The lowest BCUT2D eigenvalue weighted by Gasteiger charge is -2.36. The molecular formula is C16H29N3. The van der Waals surface area contributed by atoms with Crippen molar-refractivity contribution in [2.24, 2.45) is 5.92 Å². The van der Waals surface area contributed by atoms with Crippen LogP contribution in [0.3, 0.4) is 0 Å². The van der Waals surface area contributed by atoms with Gasteiger partial charge in [0.25, 0.3) is 0 Å². The minimum atomic E-state index is 0.541. The highest BCUT2D eigenvalue weighted by molar-refractivity contribution is 5.12. The van der Waals surface area contributed by atoms with E-state index >= 15 is 0 Å². The number of hydrogen-bond donors (Lipinski definition) is 1. The Bertz CT molecular complexity index is 397. The van der Waals surface area contributed by atoms with Gasteiger partial charge in [-0.2, -0.15) is 5.10 Å². The van der Waals surface area contributed by atoms with Crippen LogP contribution in [0.15, 0.2) is 6.07 Å². The Kier molecular flexibility index (Phi) is 5.03. The molecule has 0 saturated heterocycles. The standard InChI is InChI=1S/C16H29N3/c1-5-13-11-14(6-2)19(18-13)16-10-12(4)8-9-15(16)17-7-3/h11-12,15-17H,5-10H2,1-4H3. The second kappa shape index (κ2) is 6.56. The Balaban J connectivity index is 2.26. The lowest BCUT2D eigenvalue weighted by molar-refractivity contribution is 0.201. The zero-order valence-electron chi connectivity index (χ0n) is 12.9. The van der Waals surface area contributed by atoms with E-state index in [0.29, 0.717) is 12.1 Å². The Morgan fingerprint density at radius 1 is 1.26 bits per heavy atom. The van der Waals surface area contributed by atoms with Crippen LogP contribution in [0, 0.1) is 5.92 Å². The Morgan fingerprint density at radius 3 is 2.68 bits per heavy atom. The first-order valence-corrected chi connectivity index (χ1v) is 8.00. The van der Waals surface area contributed by atoms with Gasteiger partial charge < -0.3 is 5.32 Å². The minimum Gasteiger partial charge on any atom is -0.312 e. The van der Waals surface area contributed by atoms with Gasteiger partial charge in [0.15, 0.2) is 0 Å². The monoisotopic (exact) mass is 263 g/mol. The van der Waals surface area contributed by atoms with Gasteiger partial charge in [0, 0.05) is 11.7 Å². The average Bonchev–Trinajstić information content (AvgIpc) is 2.84. The third-order valence-electron chi connectivity index (χ3n) is 4.45. The summed E-state index contributed by atoms with van der Waals surface area (Å²) >= 11 is 0.